The average Bonchev–Trinajstić information content (AvgIpc) is 3.56. The van der Waals surface area contributed by atoms with E-state index in [-0.39, 0.29) is 23.8 Å². The van der Waals surface area contributed by atoms with Crippen molar-refractivity contribution >= 4 is 44.8 Å². The number of benzene rings is 1. The minimum Gasteiger partial charge on any atom is -0.356 e. The molecule has 0 spiro atoms. The van der Waals surface area contributed by atoms with Crippen LogP contribution in [-0.2, 0) is 6.54 Å². The zero-order chi connectivity index (χ0) is 22.2. The lowest BCUT2D eigenvalue weighted by molar-refractivity contribution is 0.0787. The highest BCUT2D eigenvalue weighted by Gasteiger charge is 2.22. The Hall–Kier alpha value is -3.23. The lowest BCUT2D eigenvalue weighted by Crippen LogP contribution is -2.27. The summed E-state index contributed by atoms with van der Waals surface area (Å²) in [7, 11) is 0. The van der Waals surface area contributed by atoms with Crippen LogP contribution in [0.15, 0.2) is 53.7 Å². The highest BCUT2D eigenvalue weighted by atomic mass is 35.5. The molecule has 0 bridgehead atoms. The molecule has 9 heteroatoms. The van der Waals surface area contributed by atoms with Crippen LogP contribution in [0, 0.1) is 0 Å². The number of aromatic amines is 1. The minimum atomic E-state index is -0.266. The van der Waals surface area contributed by atoms with Crippen molar-refractivity contribution in [1.82, 2.24) is 19.4 Å². The number of thiophene rings is 1. The zero-order valence-corrected chi connectivity index (χ0v) is 18.6. The van der Waals surface area contributed by atoms with E-state index in [4.69, 9.17) is 11.6 Å². The molecule has 1 saturated heterocycles. The van der Waals surface area contributed by atoms with Crippen LogP contribution in [0.25, 0.3) is 20.7 Å². The fourth-order valence-electron chi connectivity index (χ4n) is 3.83. The number of halogens is 1. The van der Waals surface area contributed by atoms with Gasteiger partial charge < -0.3 is 9.88 Å². The minimum absolute atomic E-state index is 0.102. The van der Waals surface area contributed by atoms with Crippen molar-refractivity contribution < 1.29 is 9.59 Å². The number of hydrogen-bond acceptors (Lipinski definition) is 5. The van der Waals surface area contributed by atoms with Gasteiger partial charge in [0, 0.05) is 34.7 Å². The third-order valence-electron chi connectivity index (χ3n) is 5.58. The van der Waals surface area contributed by atoms with E-state index in [9.17, 15) is 14.4 Å². The normalized spacial score (nSPS) is 13.7. The van der Waals surface area contributed by atoms with Crippen molar-refractivity contribution in [3.8, 4) is 10.4 Å². The van der Waals surface area contributed by atoms with Gasteiger partial charge in [-0.05, 0) is 42.7 Å². The maximum atomic E-state index is 13.0. The molecule has 4 heterocycles. The molecule has 1 aliphatic rings. The van der Waals surface area contributed by atoms with Crippen LogP contribution in [0.2, 0.25) is 5.02 Å². The lowest BCUT2D eigenvalue weighted by Gasteiger charge is -2.13. The largest absolute Gasteiger partial charge is 0.356 e. The zero-order valence-electron chi connectivity index (χ0n) is 17.0. The Kier molecular flexibility index (Phi) is 5.40. The topological polar surface area (TPSA) is 88.1 Å². The Morgan fingerprint density at radius 3 is 2.62 bits per heavy atom. The number of carbonyl (C=O) groups is 2. The molecule has 0 atom stereocenters. The first-order valence-electron chi connectivity index (χ1n) is 10.3. The van der Waals surface area contributed by atoms with Crippen LogP contribution in [0.5, 0.6) is 0 Å². The summed E-state index contributed by atoms with van der Waals surface area (Å²) in [5, 5.41) is 0.642. The lowest BCUT2D eigenvalue weighted by atomic mass is 10.2. The molecule has 7 nitrogen and oxygen atoms in total. The summed E-state index contributed by atoms with van der Waals surface area (Å²) in [5.41, 5.74) is 2.03. The number of aromatic nitrogens is 3. The van der Waals surface area contributed by atoms with Crippen LogP contribution in [0.4, 0.5) is 0 Å². The number of fused-ring (bicyclic) bond motifs is 1. The number of likely N-dealkylation sites (tertiary alicyclic amines) is 1. The van der Waals surface area contributed by atoms with E-state index in [0.29, 0.717) is 26.5 Å². The molecule has 3 aromatic heterocycles. The molecule has 32 heavy (non-hydrogen) atoms. The van der Waals surface area contributed by atoms with E-state index >= 15 is 0 Å². The van der Waals surface area contributed by atoms with Gasteiger partial charge in [0.15, 0.2) is 5.78 Å². The summed E-state index contributed by atoms with van der Waals surface area (Å²) in [6.45, 7) is 1.33. The monoisotopic (exact) mass is 466 g/mol. The van der Waals surface area contributed by atoms with Gasteiger partial charge in [0.05, 0.1) is 18.4 Å². The van der Waals surface area contributed by atoms with E-state index in [1.165, 1.54) is 28.4 Å². The molecule has 0 unspecified atom stereocenters. The smallest absolute Gasteiger partial charge is 0.271 e. The predicted octanol–water partition coefficient (Wildman–Crippen LogP) is 4.23. The van der Waals surface area contributed by atoms with E-state index in [1.807, 2.05) is 18.2 Å². The molecule has 1 fully saturated rings. The second kappa shape index (κ2) is 8.37. The highest BCUT2D eigenvalue weighted by Crippen LogP contribution is 2.31. The first-order valence-corrected chi connectivity index (χ1v) is 11.4. The quantitative estimate of drug-likeness (QED) is 0.446. The fraction of sp³-hybridized carbons (Fsp3) is 0.217. The Balaban J connectivity index is 1.37. The molecule has 1 amide bonds. The third-order valence-corrected chi connectivity index (χ3v) is 6.99. The summed E-state index contributed by atoms with van der Waals surface area (Å²) < 4.78 is 1.80. The fourth-order valence-corrected chi connectivity index (χ4v) is 5.02. The first kappa shape index (κ1) is 20.7. The van der Waals surface area contributed by atoms with E-state index in [1.54, 1.807) is 23.1 Å². The third kappa shape index (κ3) is 3.87. The summed E-state index contributed by atoms with van der Waals surface area (Å²) in [6, 6.07) is 10.8. The number of carbonyl (C=O) groups excluding carboxylic acids is 2. The standard InChI is InChI=1S/C23H19ClN4O3S/c24-16-5-3-14(4-6-16)20-10-17-21(32-20)23(31)28(13-26-17)12-19(29)15-9-18(25-11-15)22(30)27-7-1-2-8-27/h3-6,9-11,13,25H,1-2,7-8,12H2. The molecule has 0 aliphatic carbocycles. The van der Waals surface area contributed by atoms with Gasteiger partial charge in [-0.2, -0.15) is 0 Å². The van der Waals surface area contributed by atoms with E-state index in [2.05, 4.69) is 9.97 Å². The summed E-state index contributed by atoms with van der Waals surface area (Å²) >= 11 is 7.29. The number of rotatable bonds is 5. The van der Waals surface area contributed by atoms with Crippen molar-refractivity contribution in [3.05, 3.63) is 75.6 Å². The molecule has 0 radical (unpaired) electrons. The van der Waals surface area contributed by atoms with Crippen LogP contribution in [0.3, 0.4) is 0 Å². The van der Waals surface area contributed by atoms with Crippen molar-refractivity contribution in [2.75, 3.05) is 13.1 Å². The molecular formula is C23H19ClN4O3S. The Bertz CT molecular complexity index is 1380. The molecule has 1 N–H and O–H groups in total. The molecule has 0 saturated carbocycles. The molecular weight excluding hydrogens is 448 g/mol. The van der Waals surface area contributed by atoms with Crippen LogP contribution in [0.1, 0.15) is 33.7 Å². The van der Waals surface area contributed by atoms with E-state index in [0.717, 1.165) is 36.4 Å². The second-order valence-electron chi connectivity index (χ2n) is 7.73. The molecule has 5 rings (SSSR count). The number of ketones is 1. The Morgan fingerprint density at radius 1 is 1.12 bits per heavy atom. The number of amides is 1. The Labute approximate surface area is 192 Å². The maximum absolute atomic E-state index is 13.0. The van der Waals surface area contributed by atoms with Crippen LogP contribution in [-0.4, -0.2) is 44.2 Å². The number of H-pyrrole nitrogens is 1. The SMILES string of the molecule is O=C(Cn1cnc2cc(-c3ccc(Cl)cc3)sc2c1=O)c1c[nH]c(C(=O)N2CCCC2)c1. The van der Waals surface area contributed by atoms with Crippen LogP contribution < -0.4 is 5.56 Å². The molecule has 1 aliphatic heterocycles. The van der Waals surface area contributed by atoms with Gasteiger partial charge >= 0.3 is 0 Å². The number of Topliss-reactive ketones (excluding diaryl/α,β-unsaturated/α-hetero) is 1. The molecule has 4 aromatic rings. The van der Waals surface area contributed by atoms with Crippen molar-refractivity contribution in [2.24, 2.45) is 0 Å². The van der Waals surface area contributed by atoms with Gasteiger partial charge in [0.2, 0.25) is 0 Å². The predicted molar refractivity (Wildman–Crippen MR) is 125 cm³/mol. The van der Waals surface area contributed by atoms with Crippen molar-refractivity contribution in [2.45, 2.75) is 19.4 Å². The first-order chi connectivity index (χ1) is 15.5. The maximum Gasteiger partial charge on any atom is 0.271 e. The van der Waals surface area contributed by atoms with Gasteiger partial charge in [0.25, 0.3) is 11.5 Å². The van der Waals surface area contributed by atoms with Crippen molar-refractivity contribution in [3.63, 3.8) is 0 Å². The van der Waals surface area contributed by atoms with Gasteiger partial charge in [-0.25, -0.2) is 4.98 Å². The van der Waals surface area contributed by atoms with Crippen molar-refractivity contribution in [1.29, 1.82) is 0 Å². The highest BCUT2D eigenvalue weighted by molar-refractivity contribution is 7.22. The van der Waals surface area contributed by atoms with Gasteiger partial charge in [0.1, 0.15) is 10.4 Å². The second-order valence-corrected chi connectivity index (χ2v) is 9.22. The summed E-state index contributed by atoms with van der Waals surface area (Å²) in [4.78, 5) is 48.2. The number of nitrogens with one attached hydrogen (secondary N) is 1. The summed E-state index contributed by atoms with van der Waals surface area (Å²) in [6.07, 6.45) is 4.91. The van der Waals surface area contributed by atoms with Gasteiger partial charge in [-0.1, -0.05) is 23.7 Å². The van der Waals surface area contributed by atoms with Gasteiger partial charge in [-0.15, -0.1) is 11.3 Å². The van der Waals surface area contributed by atoms with Gasteiger partial charge in [-0.3, -0.25) is 19.0 Å². The average molecular weight is 467 g/mol. The molecule has 162 valence electrons. The number of nitrogens with zero attached hydrogens (tertiary/aromatic N) is 3. The molecule has 1 aromatic carbocycles. The Morgan fingerprint density at radius 2 is 1.88 bits per heavy atom. The van der Waals surface area contributed by atoms with Crippen LogP contribution >= 0.6 is 22.9 Å². The van der Waals surface area contributed by atoms with E-state index < -0.39 is 0 Å². The summed E-state index contributed by atoms with van der Waals surface area (Å²) in [5.74, 6) is -0.366. The number of hydrogen-bond donors (Lipinski definition) is 1.